The Balaban J connectivity index is 1.58. The summed E-state index contributed by atoms with van der Waals surface area (Å²) in [5, 5.41) is 1.96. The maximum Gasteiger partial charge on any atom is 0.326 e. The van der Waals surface area contributed by atoms with Crippen LogP contribution in [-0.2, 0) is 43.3 Å². The van der Waals surface area contributed by atoms with Gasteiger partial charge in [-0.25, -0.2) is 0 Å². The highest BCUT2D eigenvalue weighted by molar-refractivity contribution is 7.57. The third-order valence-corrected chi connectivity index (χ3v) is 17.8. The van der Waals surface area contributed by atoms with Gasteiger partial charge in [-0.15, -0.1) is 0 Å². The minimum atomic E-state index is -1.73. The molecule has 0 N–H and O–H groups in total. The van der Waals surface area contributed by atoms with E-state index in [-0.39, 0.29) is 43.3 Å². The fourth-order valence-electron chi connectivity index (χ4n) is 10.8. The molecule has 0 radical (unpaired) electrons. The molecular weight excluding hydrogens is 991 g/mol. The van der Waals surface area contributed by atoms with E-state index in [9.17, 15) is 0 Å². The Hall–Kier alpha value is -4.62. The van der Waals surface area contributed by atoms with Gasteiger partial charge < -0.3 is 18.1 Å². The molecular formula is C72H100O4P2. The quantitative estimate of drug-likeness (QED) is 0.121. The number of benzene rings is 6. The average molecular weight is 1090 g/mol. The van der Waals surface area contributed by atoms with E-state index in [4.69, 9.17) is 18.1 Å². The van der Waals surface area contributed by atoms with E-state index in [2.05, 4.69) is 291 Å². The van der Waals surface area contributed by atoms with Gasteiger partial charge in [-0.3, -0.25) is 0 Å². The fourth-order valence-corrected chi connectivity index (χ4v) is 13.5. The normalized spacial score (nSPS) is 13.4. The van der Waals surface area contributed by atoms with Crippen LogP contribution in [0.2, 0.25) is 0 Å². The minimum Gasteiger partial charge on any atom is -0.435 e. The summed E-state index contributed by atoms with van der Waals surface area (Å²) in [5.41, 5.74) is 15.9. The van der Waals surface area contributed by atoms with Crippen LogP contribution in [0.4, 0.5) is 0 Å². The summed E-state index contributed by atoms with van der Waals surface area (Å²) < 4.78 is 29.8. The second-order valence-electron chi connectivity index (χ2n) is 30.6. The van der Waals surface area contributed by atoms with Crippen LogP contribution in [0, 0.1) is 27.7 Å². The van der Waals surface area contributed by atoms with Gasteiger partial charge in [0.1, 0.15) is 23.0 Å². The lowest BCUT2D eigenvalue weighted by Crippen LogP contribution is -2.21. The summed E-state index contributed by atoms with van der Waals surface area (Å²) in [6, 6.07) is 36.1. The lowest BCUT2D eigenvalue weighted by molar-refractivity contribution is 0.464. The molecule has 0 unspecified atom stereocenters. The molecule has 0 aliphatic heterocycles. The first-order valence-electron chi connectivity index (χ1n) is 28.5. The van der Waals surface area contributed by atoms with Crippen LogP contribution in [0.3, 0.4) is 0 Å². The molecule has 0 aliphatic carbocycles. The number of hydrogen-bond acceptors (Lipinski definition) is 4. The van der Waals surface area contributed by atoms with E-state index in [1.54, 1.807) is 0 Å². The van der Waals surface area contributed by atoms with Crippen molar-refractivity contribution in [1.82, 2.24) is 0 Å². The first-order valence-corrected chi connectivity index (χ1v) is 30.9. The molecule has 0 spiro atoms. The molecule has 0 saturated carbocycles. The smallest absolute Gasteiger partial charge is 0.326 e. The summed E-state index contributed by atoms with van der Waals surface area (Å²) in [6.45, 7) is 63.7. The molecule has 0 bridgehead atoms. The third kappa shape index (κ3) is 14.6. The number of hydrogen-bond donors (Lipinski definition) is 0. The molecule has 0 heterocycles. The van der Waals surface area contributed by atoms with Gasteiger partial charge in [0.25, 0.3) is 0 Å². The van der Waals surface area contributed by atoms with Crippen LogP contribution in [0.15, 0.2) is 97.1 Å². The van der Waals surface area contributed by atoms with Gasteiger partial charge in [0.05, 0.1) is 10.6 Å². The number of aryl methyl sites for hydroxylation is 4. The molecule has 0 aliphatic rings. The average Bonchev–Trinajstić information content (AvgIpc) is 3.25. The standard InChI is InChI=1S/C72H100O4P2/c1-45-35-61(57(69(17,18)19)41-53(45)65(5,6)7)73-77(74-62-36-46(2)54(66(8,9)10)42-58(62)70(20,21)22)51-33-29-31-49(39-51)50-32-30-34-52(40-50)78(75-63-37-47(3)55(67(11,12)13)43-59(63)71(23,24)25)76-64-38-48(4)56(68(14,15)16)44-60(64)72(26,27)28/h29-44H,1-28H3. The highest BCUT2D eigenvalue weighted by Gasteiger charge is 2.34. The molecule has 6 rings (SSSR count). The van der Waals surface area contributed by atoms with Crippen LogP contribution >= 0.6 is 16.8 Å². The van der Waals surface area contributed by atoms with Crippen molar-refractivity contribution in [2.24, 2.45) is 0 Å². The highest BCUT2D eigenvalue weighted by Crippen LogP contribution is 2.51. The van der Waals surface area contributed by atoms with E-state index in [0.29, 0.717) is 0 Å². The Bertz CT molecular complexity index is 2760. The van der Waals surface area contributed by atoms with Gasteiger partial charge in [0, 0.05) is 22.3 Å². The van der Waals surface area contributed by atoms with Crippen LogP contribution in [0.5, 0.6) is 23.0 Å². The summed E-state index contributed by atoms with van der Waals surface area (Å²) in [6.07, 6.45) is 0. The molecule has 0 fully saturated rings. The van der Waals surface area contributed by atoms with Gasteiger partial charge in [-0.05, 0) is 175 Å². The Labute approximate surface area is 478 Å². The van der Waals surface area contributed by atoms with Crippen molar-refractivity contribution in [1.29, 1.82) is 0 Å². The summed E-state index contributed by atoms with van der Waals surface area (Å²) >= 11 is 0. The molecule has 422 valence electrons. The molecule has 6 aromatic rings. The second-order valence-corrected chi connectivity index (χ2v) is 33.4. The Morgan fingerprint density at radius 3 is 0.615 bits per heavy atom. The van der Waals surface area contributed by atoms with Crippen LogP contribution in [0.25, 0.3) is 11.1 Å². The molecule has 0 atom stereocenters. The van der Waals surface area contributed by atoms with Crippen molar-refractivity contribution in [2.45, 2.75) is 237 Å². The van der Waals surface area contributed by atoms with Crippen LogP contribution in [0.1, 0.15) is 233 Å². The first kappa shape index (κ1) is 62.6. The van der Waals surface area contributed by atoms with E-state index in [1.165, 1.54) is 44.5 Å². The Kier molecular flexibility index (Phi) is 17.7. The molecule has 0 aromatic heterocycles. The van der Waals surface area contributed by atoms with Crippen molar-refractivity contribution < 1.29 is 18.1 Å². The summed E-state index contributed by atoms with van der Waals surface area (Å²) in [5.74, 6) is 3.42. The Morgan fingerprint density at radius 2 is 0.436 bits per heavy atom. The SMILES string of the molecule is Cc1cc(OP(Oc2cc(C)c(C(C)(C)C)cc2C(C)(C)C)c2cccc(-c3cccc(P(Oc4cc(C)c(C(C)(C)C)cc4C(C)(C)C)Oc4cc(C)c(C(C)(C)C)cc4C(C)(C)C)c3)c2)c(C(C)(C)C)cc1C(C)(C)C. The zero-order valence-corrected chi connectivity index (χ0v) is 55.6. The first-order chi connectivity index (χ1) is 35.3. The second kappa shape index (κ2) is 22.0. The van der Waals surface area contributed by atoms with Gasteiger partial charge in [-0.2, -0.15) is 0 Å². The van der Waals surface area contributed by atoms with Gasteiger partial charge in [0.2, 0.25) is 0 Å². The molecule has 78 heavy (non-hydrogen) atoms. The lowest BCUT2D eigenvalue weighted by Gasteiger charge is -2.32. The number of rotatable bonds is 11. The largest absolute Gasteiger partial charge is 0.435 e. The summed E-state index contributed by atoms with van der Waals surface area (Å²) in [7, 11) is -3.47. The fraction of sp³-hybridized carbons (Fsp3) is 0.500. The maximum absolute atomic E-state index is 7.46. The maximum atomic E-state index is 7.46. The molecule has 6 heteroatoms. The lowest BCUT2D eigenvalue weighted by atomic mass is 9.78. The van der Waals surface area contributed by atoms with Crippen molar-refractivity contribution >= 4 is 27.4 Å². The topological polar surface area (TPSA) is 36.9 Å². The van der Waals surface area contributed by atoms with Crippen LogP contribution in [-0.4, -0.2) is 0 Å². The van der Waals surface area contributed by atoms with E-state index in [1.807, 2.05) is 0 Å². The predicted molar refractivity (Wildman–Crippen MR) is 342 cm³/mol. The monoisotopic (exact) mass is 1090 g/mol. The zero-order valence-electron chi connectivity index (χ0n) is 53.8. The summed E-state index contributed by atoms with van der Waals surface area (Å²) in [4.78, 5) is 0. The molecule has 4 nitrogen and oxygen atoms in total. The van der Waals surface area contributed by atoms with Gasteiger partial charge >= 0.3 is 16.8 Å². The van der Waals surface area contributed by atoms with Gasteiger partial charge in [-0.1, -0.05) is 215 Å². The van der Waals surface area contributed by atoms with E-state index < -0.39 is 16.8 Å². The van der Waals surface area contributed by atoms with Crippen molar-refractivity contribution in [3.05, 3.63) is 164 Å². The molecule has 0 amide bonds. The highest BCUT2D eigenvalue weighted by atomic mass is 31.2. The van der Waals surface area contributed by atoms with Crippen molar-refractivity contribution in [2.75, 3.05) is 0 Å². The predicted octanol–water partition coefficient (Wildman–Crippen LogP) is 21.2. The molecule has 6 aromatic carbocycles. The zero-order chi connectivity index (χ0) is 58.8. The van der Waals surface area contributed by atoms with Gasteiger partial charge in [0.15, 0.2) is 0 Å². The van der Waals surface area contributed by atoms with Crippen molar-refractivity contribution in [3.8, 4) is 34.1 Å². The van der Waals surface area contributed by atoms with E-state index in [0.717, 1.165) is 67.0 Å². The van der Waals surface area contributed by atoms with E-state index >= 15 is 0 Å². The third-order valence-electron chi connectivity index (χ3n) is 14.9. The van der Waals surface area contributed by atoms with Crippen LogP contribution < -0.4 is 28.7 Å². The van der Waals surface area contributed by atoms with Crippen molar-refractivity contribution in [3.63, 3.8) is 0 Å². The molecule has 0 saturated heterocycles. The Morgan fingerprint density at radius 1 is 0.244 bits per heavy atom. The minimum absolute atomic E-state index is 0.0352.